The predicted octanol–water partition coefficient (Wildman–Crippen LogP) is 2.66. The highest BCUT2D eigenvalue weighted by molar-refractivity contribution is 4.59. The Morgan fingerprint density at radius 3 is 2.07 bits per heavy atom. The van der Waals surface area contributed by atoms with Crippen LogP contribution in [0.3, 0.4) is 0 Å². The van der Waals surface area contributed by atoms with Crippen LogP contribution in [-0.2, 0) is 0 Å². The first-order valence-corrected chi connectivity index (χ1v) is 6.12. The Bertz CT molecular complexity index is 113. The van der Waals surface area contributed by atoms with Crippen LogP contribution in [0.4, 0.5) is 0 Å². The monoisotopic (exact) mass is 200 g/mol. The molecule has 2 unspecified atom stereocenters. The first-order chi connectivity index (χ1) is 6.66. The fourth-order valence-electron chi connectivity index (χ4n) is 1.68. The van der Waals surface area contributed by atoms with E-state index in [-0.39, 0.29) is 0 Å². The lowest BCUT2D eigenvalue weighted by Gasteiger charge is -2.12. The van der Waals surface area contributed by atoms with E-state index in [0.29, 0.717) is 6.04 Å². The number of rotatable bonds is 9. The number of hydrogen-bond acceptors (Lipinski definition) is 2. The Labute approximate surface area is 89.4 Å². The van der Waals surface area contributed by atoms with Crippen molar-refractivity contribution >= 4 is 0 Å². The number of hydrogen-bond donors (Lipinski definition) is 2. The summed E-state index contributed by atoms with van der Waals surface area (Å²) in [6.07, 6.45) is 9.01. The summed E-state index contributed by atoms with van der Waals surface area (Å²) in [6, 6.07) is 0.370. The molecule has 14 heavy (non-hydrogen) atoms. The maximum atomic E-state index is 5.72. The smallest absolute Gasteiger partial charge is 0.00105 e. The van der Waals surface area contributed by atoms with Crippen LogP contribution in [-0.4, -0.2) is 12.6 Å². The average Bonchev–Trinajstić information content (AvgIpc) is 2.14. The average molecular weight is 200 g/mol. The van der Waals surface area contributed by atoms with Crippen LogP contribution in [0.2, 0.25) is 0 Å². The van der Waals surface area contributed by atoms with Gasteiger partial charge in [-0.15, -0.1) is 0 Å². The minimum atomic E-state index is 0.370. The fraction of sp³-hybridized carbons (Fsp3) is 1.00. The summed E-state index contributed by atoms with van der Waals surface area (Å²) in [5, 5.41) is 0. The second kappa shape index (κ2) is 9.47. The molecule has 0 heterocycles. The van der Waals surface area contributed by atoms with Gasteiger partial charge in [-0.2, -0.15) is 0 Å². The molecule has 0 bridgehead atoms. The van der Waals surface area contributed by atoms with Gasteiger partial charge in [-0.3, -0.25) is 0 Å². The quantitative estimate of drug-likeness (QED) is 0.562. The lowest BCUT2D eigenvalue weighted by molar-refractivity contribution is 0.430. The number of unbranched alkanes of at least 4 members (excludes halogenated alkanes) is 3. The largest absolute Gasteiger partial charge is 0.330 e. The molecule has 0 aromatic carbocycles. The van der Waals surface area contributed by atoms with Crippen molar-refractivity contribution in [3.63, 3.8) is 0 Å². The van der Waals surface area contributed by atoms with E-state index in [1.165, 1.54) is 44.9 Å². The summed E-state index contributed by atoms with van der Waals surface area (Å²) in [6.45, 7) is 5.28. The third-order valence-corrected chi connectivity index (χ3v) is 2.77. The molecule has 2 heteroatoms. The Morgan fingerprint density at radius 2 is 1.50 bits per heavy atom. The van der Waals surface area contributed by atoms with Crippen molar-refractivity contribution in [1.29, 1.82) is 0 Å². The zero-order chi connectivity index (χ0) is 10.8. The Hall–Kier alpha value is -0.0800. The molecule has 2 nitrogen and oxygen atoms in total. The van der Waals surface area contributed by atoms with Gasteiger partial charge in [-0.1, -0.05) is 32.6 Å². The molecule has 0 radical (unpaired) electrons. The van der Waals surface area contributed by atoms with Gasteiger partial charge in [0.05, 0.1) is 0 Å². The molecule has 86 valence electrons. The van der Waals surface area contributed by atoms with Gasteiger partial charge in [0, 0.05) is 6.04 Å². The van der Waals surface area contributed by atoms with Gasteiger partial charge in [0.2, 0.25) is 0 Å². The molecular weight excluding hydrogens is 172 g/mol. The number of nitrogens with two attached hydrogens (primary N) is 2. The van der Waals surface area contributed by atoms with Gasteiger partial charge in [0.15, 0.2) is 0 Å². The highest BCUT2D eigenvalue weighted by Gasteiger charge is 2.03. The second-order valence-electron chi connectivity index (χ2n) is 4.65. The van der Waals surface area contributed by atoms with E-state index in [1.807, 2.05) is 0 Å². The second-order valence-corrected chi connectivity index (χ2v) is 4.65. The summed E-state index contributed by atoms with van der Waals surface area (Å²) in [7, 11) is 0. The molecule has 0 aliphatic heterocycles. The van der Waals surface area contributed by atoms with Crippen LogP contribution in [0.25, 0.3) is 0 Å². The summed E-state index contributed by atoms with van der Waals surface area (Å²) >= 11 is 0. The van der Waals surface area contributed by atoms with E-state index in [2.05, 4.69) is 13.8 Å². The zero-order valence-corrected chi connectivity index (χ0v) is 9.97. The van der Waals surface area contributed by atoms with Gasteiger partial charge in [-0.05, 0) is 38.6 Å². The molecule has 0 aliphatic carbocycles. The van der Waals surface area contributed by atoms with Crippen LogP contribution in [0.5, 0.6) is 0 Å². The molecule has 0 amide bonds. The van der Waals surface area contributed by atoms with Crippen LogP contribution in [0.1, 0.15) is 58.8 Å². The molecular formula is C12H28N2. The third-order valence-electron chi connectivity index (χ3n) is 2.77. The summed E-state index contributed by atoms with van der Waals surface area (Å²) < 4.78 is 0. The fourth-order valence-corrected chi connectivity index (χ4v) is 1.68. The summed E-state index contributed by atoms with van der Waals surface area (Å²) in [4.78, 5) is 0. The van der Waals surface area contributed by atoms with Gasteiger partial charge in [0.1, 0.15) is 0 Å². The SMILES string of the molecule is CC(N)CCC(C)CCCCCCN. The minimum absolute atomic E-state index is 0.370. The van der Waals surface area contributed by atoms with Gasteiger partial charge in [-0.25, -0.2) is 0 Å². The maximum Gasteiger partial charge on any atom is 0.00105 e. The molecule has 0 saturated carbocycles. The standard InChI is InChI=1S/C12H28N2/c1-11(8-9-12(2)14)7-5-3-4-6-10-13/h11-12H,3-10,13-14H2,1-2H3. The molecule has 0 rings (SSSR count). The van der Waals surface area contributed by atoms with Crippen molar-refractivity contribution < 1.29 is 0 Å². The Balaban J connectivity index is 3.14. The molecule has 0 fully saturated rings. The predicted molar refractivity (Wildman–Crippen MR) is 64.2 cm³/mol. The van der Waals surface area contributed by atoms with Crippen LogP contribution in [0.15, 0.2) is 0 Å². The highest BCUT2D eigenvalue weighted by Crippen LogP contribution is 2.15. The topological polar surface area (TPSA) is 52.0 Å². The summed E-state index contributed by atoms with van der Waals surface area (Å²) in [5.41, 5.74) is 11.2. The lowest BCUT2D eigenvalue weighted by atomic mass is 9.96. The van der Waals surface area contributed by atoms with Gasteiger partial charge in [0.25, 0.3) is 0 Å². The van der Waals surface area contributed by atoms with Crippen molar-refractivity contribution in [2.24, 2.45) is 17.4 Å². The van der Waals surface area contributed by atoms with E-state index in [1.54, 1.807) is 0 Å². The molecule has 0 saturated heterocycles. The van der Waals surface area contributed by atoms with E-state index < -0.39 is 0 Å². The molecule has 2 atom stereocenters. The van der Waals surface area contributed by atoms with Crippen LogP contribution in [0, 0.1) is 5.92 Å². The molecule has 4 N–H and O–H groups in total. The summed E-state index contributed by atoms with van der Waals surface area (Å²) in [5.74, 6) is 0.846. The highest BCUT2D eigenvalue weighted by atomic mass is 14.6. The van der Waals surface area contributed by atoms with Gasteiger partial charge >= 0.3 is 0 Å². The Morgan fingerprint density at radius 1 is 0.857 bits per heavy atom. The van der Waals surface area contributed by atoms with Crippen molar-refractivity contribution in [2.75, 3.05) is 6.54 Å². The zero-order valence-electron chi connectivity index (χ0n) is 9.97. The maximum absolute atomic E-state index is 5.72. The first-order valence-electron chi connectivity index (χ1n) is 6.12. The molecule has 0 spiro atoms. The van der Waals surface area contributed by atoms with E-state index in [0.717, 1.165) is 12.5 Å². The normalized spacial score (nSPS) is 15.4. The van der Waals surface area contributed by atoms with Gasteiger partial charge < -0.3 is 11.5 Å². The minimum Gasteiger partial charge on any atom is -0.330 e. The van der Waals surface area contributed by atoms with Crippen LogP contribution < -0.4 is 11.5 Å². The molecule has 0 aromatic rings. The first kappa shape index (κ1) is 13.9. The van der Waals surface area contributed by atoms with E-state index >= 15 is 0 Å². The Kier molecular flexibility index (Phi) is 9.42. The van der Waals surface area contributed by atoms with Crippen molar-refractivity contribution in [2.45, 2.75) is 64.8 Å². The van der Waals surface area contributed by atoms with Crippen LogP contribution >= 0.6 is 0 Å². The van der Waals surface area contributed by atoms with E-state index in [4.69, 9.17) is 11.5 Å². The third kappa shape index (κ3) is 10.0. The van der Waals surface area contributed by atoms with Crippen molar-refractivity contribution in [3.05, 3.63) is 0 Å². The van der Waals surface area contributed by atoms with Crippen molar-refractivity contribution in [3.8, 4) is 0 Å². The van der Waals surface area contributed by atoms with Crippen molar-refractivity contribution in [1.82, 2.24) is 0 Å². The lowest BCUT2D eigenvalue weighted by Crippen LogP contribution is -2.15. The molecule has 0 aromatic heterocycles. The molecule has 0 aliphatic rings. The van der Waals surface area contributed by atoms with E-state index in [9.17, 15) is 0 Å².